The molecule has 20 heavy (non-hydrogen) atoms. The average molecular weight is 298 g/mol. The van der Waals surface area contributed by atoms with Gasteiger partial charge in [-0.3, -0.25) is 0 Å². The lowest BCUT2D eigenvalue weighted by molar-refractivity contribution is -0.904. The standard InChI is InChI=1S/C14H20FN3OS/c1-11-2-3-12(10-13(11)15)16-14(20)18-6-4-17(5-7-18)8-9-19/h2-3,10,19H,4-9H2,1H3,(H,16,20)/p+1. The zero-order valence-corrected chi connectivity index (χ0v) is 12.5. The van der Waals surface area contributed by atoms with Crippen LogP contribution < -0.4 is 10.2 Å². The first kappa shape index (κ1) is 15.2. The summed E-state index contributed by atoms with van der Waals surface area (Å²) in [7, 11) is 0. The van der Waals surface area contributed by atoms with Gasteiger partial charge in [0.1, 0.15) is 12.4 Å². The number of nitrogens with zero attached hydrogens (tertiary/aromatic N) is 1. The largest absolute Gasteiger partial charge is 0.391 e. The van der Waals surface area contributed by atoms with Gasteiger partial charge in [0.2, 0.25) is 0 Å². The van der Waals surface area contributed by atoms with Crippen molar-refractivity contribution in [2.45, 2.75) is 6.92 Å². The summed E-state index contributed by atoms with van der Waals surface area (Å²) < 4.78 is 13.5. The molecule has 4 nitrogen and oxygen atoms in total. The lowest BCUT2D eigenvalue weighted by Gasteiger charge is -2.33. The van der Waals surface area contributed by atoms with Crippen molar-refractivity contribution in [3.63, 3.8) is 0 Å². The minimum atomic E-state index is -0.227. The van der Waals surface area contributed by atoms with Crippen LogP contribution >= 0.6 is 12.2 Å². The van der Waals surface area contributed by atoms with Crippen LogP contribution in [0.5, 0.6) is 0 Å². The summed E-state index contributed by atoms with van der Waals surface area (Å²) in [4.78, 5) is 3.49. The number of thiocarbonyl (C=S) groups is 1. The van der Waals surface area contributed by atoms with Gasteiger partial charge in [0.25, 0.3) is 0 Å². The van der Waals surface area contributed by atoms with Crippen molar-refractivity contribution in [2.24, 2.45) is 0 Å². The third-order valence-corrected chi connectivity index (χ3v) is 4.01. The molecule has 1 saturated heterocycles. The quantitative estimate of drug-likeness (QED) is 0.688. The molecule has 0 spiro atoms. The Balaban J connectivity index is 1.88. The van der Waals surface area contributed by atoms with E-state index in [1.165, 1.54) is 11.0 Å². The number of aliphatic hydroxyl groups excluding tert-OH is 1. The number of nitrogens with one attached hydrogen (secondary N) is 2. The lowest BCUT2D eigenvalue weighted by Crippen LogP contribution is -3.15. The molecule has 110 valence electrons. The summed E-state index contributed by atoms with van der Waals surface area (Å²) in [5.74, 6) is -0.227. The summed E-state index contributed by atoms with van der Waals surface area (Å²) in [5, 5.41) is 12.6. The predicted molar refractivity (Wildman–Crippen MR) is 81.6 cm³/mol. The SMILES string of the molecule is Cc1ccc(NC(=S)N2CC[NH+](CCO)CC2)cc1F. The molecule has 1 heterocycles. The van der Waals surface area contributed by atoms with E-state index in [4.69, 9.17) is 17.3 Å². The number of halogens is 1. The van der Waals surface area contributed by atoms with Crippen LogP contribution in [-0.2, 0) is 0 Å². The van der Waals surface area contributed by atoms with Gasteiger partial charge in [0, 0.05) is 5.69 Å². The molecule has 6 heteroatoms. The van der Waals surface area contributed by atoms with Crippen LogP contribution in [0.4, 0.5) is 10.1 Å². The Morgan fingerprint density at radius 1 is 1.45 bits per heavy atom. The highest BCUT2D eigenvalue weighted by Crippen LogP contribution is 2.14. The zero-order chi connectivity index (χ0) is 14.5. The molecular formula is C14H21FN3OS+. The molecule has 2 rings (SSSR count). The fourth-order valence-corrected chi connectivity index (χ4v) is 2.61. The summed E-state index contributed by atoms with van der Waals surface area (Å²) in [6.07, 6.45) is 0. The van der Waals surface area contributed by atoms with Gasteiger partial charge in [-0.05, 0) is 36.8 Å². The highest BCUT2D eigenvalue weighted by Gasteiger charge is 2.21. The number of hydrogen-bond donors (Lipinski definition) is 3. The predicted octanol–water partition coefficient (Wildman–Crippen LogP) is 0.0237. The third kappa shape index (κ3) is 3.88. The summed E-state index contributed by atoms with van der Waals surface area (Å²) >= 11 is 5.37. The second-order valence-corrected chi connectivity index (χ2v) is 5.49. The van der Waals surface area contributed by atoms with Gasteiger partial charge >= 0.3 is 0 Å². The first-order chi connectivity index (χ1) is 9.60. The molecule has 0 aromatic heterocycles. The maximum atomic E-state index is 13.5. The van der Waals surface area contributed by atoms with E-state index in [-0.39, 0.29) is 12.4 Å². The van der Waals surface area contributed by atoms with Gasteiger partial charge in [0.15, 0.2) is 5.11 Å². The highest BCUT2D eigenvalue weighted by molar-refractivity contribution is 7.80. The van der Waals surface area contributed by atoms with E-state index >= 15 is 0 Å². The van der Waals surface area contributed by atoms with Crippen molar-refractivity contribution in [2.75, 3.05) is 44.6 Å². The minimum Gasteiger partial charge on any atom is -0.391 e. The smallest absolute Gasteiger partial charge is 0.173 e. The minimum absolute atomic E-state index is 0.223. The number of piperazine rings is 1. The van der Waals surface area contributed by atoms with Crippen molar-refractivity contribution in [3.05, 3.63) is 29.6 Å². The Morgan fingerprint density at radius 2 is 2.15 bits per heavy atom. The summed E-state index contributed by atoms with van der Waals surface area (Å²) in [5.41, 5.74) is 1.31. The van der Waals surface area contributed by atoms with Crippen LogP contribution in [0, 0.1) is 12.7 Å². The van der Waals surface area contributed by atoms with E-state index < -0.39 is 0 Å². The molecule has 1 aliphatic heterocycles. The van der Waals surface area contributed by atoms with E-state index in [9.17, 15) is 4.39 Å². The number of anilines is 1. The van der Waals surface area contributed by atoms with Crippen LogP contribution in [0.1, 0.15) is 5.56 Å². The van der Waals surface area contributed by atoms with Crippen LogP contribution in [-0.4, -0.2) is 54.4 Å². The van der Waals surface area contributed by atoms with Crippen molar-refractivity contribution in [1.29, 1.82) is 0 Å². The monoisotopic (exact) mass is 298 g/mol. The highest BCUT2D eigenvalue weighted by atomic mass is 32.1. The van der Waals surface area contributed by atoms with Crippen LogP contribution in [0.25, 0.3) is 0 Å². The molecule has 1 aromatic carbocycles. The second kappa shape index (κ2) is 6.97. The van der Waals surface area contributed by atoms with Gasteiger partial charge in [-0.2, -0.15) is 0 Å². The Morgan fingerprint density at radius 3 is 2.75 bits per heavy atom. The Kier molecular flexibility index (Phi) is 5.28. The van der Waals surface area contributed by atoms with Crippen molar-refractivity contribution >= 4 is 23.0 Å². The maximum absolute atomic E-state index is 13.5. The van der Waals surface area contributed by atoms with E-state index in [1.807, 2.05) is 6.07 Å². The van der Waals surface area contributed by atoms with Gasteiger partial charge in [0.05, 0.1) is 32.8 Å². The van der Waals surface area contributed by atoms with Gasteiger partial charge < -0.3 is 20.2 Å². The number of aryl methyl sites for hydroxylation is 1. The van der Waals surface area contributed by atoms with E-state index in [2.05, 4.69) is 10.2 Å². The van der Waals surface area contributed by atoms with Crippen LogP contribution in [0.2, 0.25) is 0 Å². The fourth-order valence-electron chi connectivity index (χ4n) is 2.31. The second-order valence-electron chi connectivity index (χ2n) is 5.10. The molecule has 1 fully saturated rings. The molecular weight excluding hydrogens is 277 g/mol. The molecule has 1 aliphatic rings. The van der Waals surface area contributed by atoms with Crippen molar-refractivity contribution in [3.8, 4) is 0 Å². The molecule has 0 amide bonds. The third-order valence-electron chi connectivity index (χ3n) is 3.65. The van der Waals surface area contributed by atoms with Gasteiger partial charge in [-0.1, -0.05) is 6.07 Å². The number of quaternary nitrogens is 1. The van der Waals surface area contributed by atoms with Crippen LogP contribution in [0.15, 0.2) is 18.2 Å². The van der Waals surface area contributed by atoms with E-state index in [1.54, 1.807) is 13.0 Å². The Labute approximate surface area is 124 Å². The molecule has 1 aromatic rings. The average Bonchev–Trinajstić information content (AvgIpc) is 2.44. The number of hydrogen-bond acceptors (Lipinski definition) is 2. The molecule has 3 N–H and O–H groups in total. The number of benzene rings is 1. The molecule has 0 saturated carbocycles. The first-order valence-corrected chi connectivity index (χ1v) is 7.27. The molecule has 0 aliphatic carbocycles. The van der Waals surface area contributed by atoms with Crippen LogP contribution in [0.3, 0.4) is 0 Å². The Bertz CT molecular complexity index is 475. The summed E-state index contributed by atoms with van der Waals surface area (Å²) in [6.45, 7) is 6.39. The Hall–Kier alpha value is -1.24. The van der Waals surface area contributed by atoms with Gasteiger partial charge in [-0.15, -0.1) is 0 Å². The van der Waals surface area contributed by atoms with E-state index in [0.717, 1.165) is 32.7 Å². The van der Waals surface area contributed by atoms with Gasteiger partial charge in [-0.25, -0.2) is 4.39 Å². The number of aliphatic hydroxyl groups is 1. The molecule has 0 radical (unpaired) electrons. The maximum Gasteiger partial charge on any atom is 0.173 e. The van der Waals surface area contributed by atoms with Crippen molar-refractivity contribution in [1.82, 2.24) is 4.90 Å². The number of rotatable bonds is 3. The first-order valence-electron chi connectivity index (χ1n) is 6.86. The topological polar surface area (TPSA) is 39.9 Å². The normalized spacial score (nSPS) is 16.2. The molecule has 0 unspecified atom stereocenters. The molecule has 0 atom stereocenters. The van der Waals surface area contributed by atoms with E-state index in [0.29, 0.717) is 16.4 Å². The lowest BCUT2D eigenvalue weighted by atomic mass is 10.2. The van der Waals surface area contributed by atoms with Crippen molar-refractivity contribution < 1.29 is 14.4 Å². The summed E-state index contributed by atoms with van der Waals surface area (Å²) in [6, 6.07) is 5.04. The zero-order valence-electron chi connectivity index (χ0n) is 11.7. The molecule has 0 bridgehead atoms. The fraction of sp³-hybridized carbons (Fsp3) is 0.500.